The van der Waals surface area contributed by atoms with Crippen LogP contribution in [0, 0.1) is 15.9 Å². The molecule has 7 nitrogen and oxygen atoms in total. The number of aromatic nitrogens is 3. The van der Waals surface area contributed by atoms with E-state index < -0.39 is 10.7 Å². The number of pyridine rings is 1. The van der Waals surface area contributed by atoms with E-state index in [0.717, 1.165) is 35.0 Å². The van der Waals surface area contributed by atoms with Crippen molar-refractivity contribution in [3.05, 3.63) is 101 Å². The van der Waals surface area contributed by atoms with Gasteiger partial charge in [0.25, 0.3) is 5.69 Å². The summed E-state index contributed by atoms with van der Waals surface area (Å²) < 4.78 is 15.4. The maximum Gasteiger partial charge on any atom is 0.292 e. The van der Waals surface area contributed by atoms with Crippen molar-refractivity contribution in [2.45, 2.75) is 6.54 Å². The summed E-state index contributed by atoms with van der Waals surface area (Å²) >= 11 is 0. The van der Waals surface area contributed by atoms with Crippen LogP contribution >= 0.6 is 0 Å². The highest BCUT2D eigenvalue weighted by Gasteiger charge is 2.17. The van der Waals surface area contributed by atoms with Gasteiger partial charge in [-0.15, -0.1) is 0 Å². The van der Waals surface area contributed by atoms with Crippen LogP contribution < -0.4 is 5.32 Å². The number of benzene rings is 2. The number of rotatable bonds is 6. The van der Waals surface area contributed by atoms with Gasteiger partial charge in [0.2, 0.25) is 0 Å². The fourth-order valence-corrected chi connectivity index (χ4v) is 3.00. The molecular formula is C21H16FN5O2. The predicted octanol–water partition coefficient (Wildman–Crippen LogP) is 4.59. The molecule has 0 aliphatic carbocycles. The molecule has 0 spiro atoms. The lowest BCUT2D eigenvalue weighted by molar-refractivity contribution is -0.384. The topological polar surface area (TPSA) is 85.9 Å². The van der Waals surface area contributed by atoms with E-state index in [1.54, 1.807) is 17.1 Å². The summed E-state index contributed by atoms with van der Waals surface area (Å²) in [5.74, 6) is -0.549. The van der Waals surface area contributed by atoms with Crippen LogP contribution in [0.2, 0.25) is 0 Å². The molecular weight excluding hydrogens is 373 g/mol. The van der Waals surface area contributed by atoms with Gasteiger partial charge in [-0.05, 0) is 30.3 Å². The van der Waals surface area contributed by atoms with Crippen LogP contribution in [-0.2, 0) is 6.54 Å². The van der Waals surface area contributed by atoms with Crippen molar-refractivity contribution in [2.75, 3.05) is 5.32 Å². The van der Waals surface area contributed by atoms with E-state index in [0.29, 0.717) is 5.69 Å². The third-order valence-corrected chi connectivity index (χ3v) is 4.39. The number of hydrogen-bond donors (Lipinski definition) is 1. The SMILES string of the molecule is O=[N+]([O-])c1ccc(F)cc1NCc1cn(-c2ccccc2)nc1-c1ccncc1. The van der Waals surface area contributed by atoms with E-state index in [1.807, 2.05) is 48.7 Å². The number of nitro groups is 1. The molecule has 4 rings (SSSR count). The molecule has 0 bridgehead atoms. The molecule has 0 radical (unpaired) electrons. The minimum absolute atomic E-state index is 0.114. The Morgan fingerprint density at radius 2 is 1.83 bits per heavy atom. The van der Waals surface area contributed by atoms with Crippen LogP contribution in [0.3, 0.4) is 0 Å². The van der Waals surface area contributed by atoms with E-state index in [2.05, 4.69) is 15.4 Å². The molecule has 0 fully saturated rings. The summed E-state index contributed by atoms with van der Waals surface area (Å²) in [7, 11) is 0. The van der Waals surface area contributed by atoms with Gasteiger partial charge in [0.15, 0.2) is 0 Å². The number of nitro benzene ring substituents is 1. The standard InChI is InChI=1S/C21H16FN5O2/c22-17-6-7-20(27(28)29)19(12-17)24-13-16-14-26(18-4-2-1-3-5-18)25-21(16)15-8-10-23-11-9-15/h1-12,14,24H,13H2. The maximum atomic E-state index is 13.6. The largest absolute Gasteiger partial charge is 0.375 e. The maximum absolute atomic E-state index is 13.6. The number of anilines is 1. The van der Waals surface area contributed by atoms with Gasteiger partial charge in [-0.1, -0.05) is 18.2 Å². The van der Waals surface area contributed by atoms with E-state index in [1.165, 1.54) is 0 Å². The van der Waals surface area contributed by atoms with Crippen molar-refractivity contribution in [2.24, 2.45) is 0 Å². The van der Waals surface area contributed by atoms with E-state index in [4.69, 9.17) is 0 Å². The minimum Gasteiger partial charge on any atom is -0.375 e. The first-order valence-corrected chi connectivity index (χ1v) is 8.84. The summed E-state index contributed by atoms with van der Waals surface area (Å²) in [6, 6.07) is 16.6. The Morgan fingerprint density at radius 1 is 1.07 bits per heavy atom. The highest BCUT2D eigenvalue weighted by atomic mass is 19.1. The zero-order chi connectivity index (χ0) is 20.2. The zero-order valence-electron chi connectivity index (χ0n) is 15.2. The lowest BCUT2D eigenvalue weighted by atomic mass is 10.1. The third kappa shape index (κ3) is 3.96. The summed E-state index contributed by atoms with van der Waals surface area (Å²) in [4.78, 5) is 14.7. The van der Waals surface area contributed by atoms with E-state index in [9.17, 15) is 14.5 Å². The molecule has 2 aromatic carbocycles. The number of para-hydroxylation sites is 1. The molecule has 0 saturated carbocycles. The number of halogens is 1. The van der Waals surface area contributed by atoms with Crippen molar-refractivity contribution >= 4 is 11.4 Å². The van der Waals surface area contributed by atoms with Crippen LogP contribution in [0.4, 0.5) is 15.8 Å². The van der Waals surface area contributed by atoms with Crippen molar-refractivity contribution in [3.8, 4) is 16.9 Å². The molecule has 0 amide bonds. The summed E-state index contributed by atoms with van der Waals surface area (Å²) in [6.07, 6.45) is 5.19. The quantitative estimate of drug-likeness (QED) is 0.385. The average molecular weight is 389 g/mol. The van der Waals surface area contributed by atoms with Gasteiger partial charge in [0.1, 0.15) is 11.5 Å². The van der Waals surface area contributed by atoms with Gasteiger partial charge in [-0.2, -0.15) is 5.10 Å². The van der Waals surface area contributed by atoms with Crippen LogP contribution in [-0.4, -0.2) is 19.7 Å². The Balaban J connectivity index is 1.71. The van der Waals surface area contributed by atoms with E-state index >= 15 is 0 Å². The zero-order valence-corrected chi connectivity index (χ0v) is 15.2. The molecule has 29 heavy (non-hydrogen) atoms. The van der Waals surface area contributed by atoms with Crippen LogP contribution in [0.5, 0.6) is 0 Å². The van der Waals surface area contributed by atoms with Crippen molar-refractivity contribution < 1.29 is 9.31 Å². The van der Waals surface area contributed by atoms with Gasteiger partial charge in [-0.25, -0.2) is 9.07 Å². The summed E-state index contributed by atoms with van der Waals surface area (Å²) in [5, 5.41) is 18.9. The first-order chi connectivity index (χ1) is 14.1. The molecule has 0 saturated heterocycles. The van der Waals surface area contributed by atoms with Crippen LogP contribution in [0.25, 0.3) is 16.9 Å². The van der Waals surface area contributed by atoms with E-state index in [-0.39, 0.29) is 17.9 Å². The van der Waals surface area contributed by atoms with Crippen molar-refractivity contribution in [1.82, 2.24) is 14.8 Å². The Labute approximate surface area is 165 Å². The molecule has 0 unspecified atom stereocenters. The van der Waals surface area contributed by atoms with Gasteiger partial charge < -0.3 is 5.32 Å². The van der Waals surface area contributed by atoms with Gasteiger partial charge >= 0.3 is 0 Å². The van der Waals surface area contributed by atoms with Crippen LogP contribution in [0.15, 0.2) is 79.3 Å². The number of nitrogens with zero attached hydrogens (tertiary/aromatic N) is 4. The molecule has 144 valence electrons. The Hall–Kier alpha value is -4.07. The second-order valence-electron chi connectivity index (χ2n) is 6.29. The highest BCUT2D eigenvalue weighted by molar-refractivity contribution is 5.65. The number of hydrogen-bond acceptors (Lipinski definition) is 5. The fourth-order valence-electron chi connectivity index (χ4n) is 3.00. The fraction of sp³-hybridized carbons (Fsp3) is 0.0476. The molecule has 2 heterocycles. The minimum atomic E-state index is -0.549. The molecule has 8 heteroatoms. The van der Waals surface area contributed by atoms with Crippen LogP contribution in [0.1, 0.15) is 5.56 Å². The molecule has 0 aliphatic rings. The van der Waals surface area contributed by atoms with Gasteiger partial charge in [-0.3, -0.25) is 15.1 Å². The average Bonchev–Trinajstić information content (AvgIpc) is 3.18. The molecule has 2 aromatic heterocycles. The van der Waals surface area contributed by atoms with Crippen molar-refractivity contribution in [1.29, 1.82) is 0 Å². The van der Waals surface area contributed by atoms with Gasteiger partial charge in [0, 0.05) is 48.4 Å². The highest BCUT2D eigenvalue weighted by Crippen LogP contribution is 2.28. The molecule has 1 N–H and O–H groups in total. The monoisotopic (exact) mass is 389 g/mol. The first-order valence-electron chi connectivity index (χ1n) is 8.84. The molecule has 0 atom stereocenters. The second kappa shape index (κ2) is 7.89. The van der Waals surface area contributed by atoms with Gasteiger partial charge in [0.05, 0.1) is 16.3 Å². The first kappa shape index (κ1) is 18.3. The smallest absolute Gasteiger partial charge is 0.292 e. The molecule has 0 aliphatic heterocycles. The normalized spacial score (nSPS) is 10.7. The number of nitrogens with one attached hydrogen (secondary N) is 1. The van der Waals surface area contributed by atoms with Crippen molar-refractivity contribution in [3.63, 3.8) is 0 Å². The Kier molecular flexibility index (Phi) is 4.98. The predicted molar refractivity (Wildman–Crippen MR) is 107 cm³/mol. The summed E-state index contributed by atoms with van der Waals surface area (Å²) in [5.41, 5.74) is 3.18. The Bertz CT molecular complexity index is 1150. The third-order valence-electron chi connectivity index (χ3n) is 4.39. The molecule has 4 aromatic rings. The lowest BCUT2D eigenvalue weighted by Crippen LogP contribution is -2.03. The lowest BCUT2D eigenvalue weighted by Gasteiger charge is -2.07. The Morgan fingerprint density at radius 3 is 2.55 bits per heavy atom. The second-order valence-corrected chi connectivity index (χ2v) is 6.29. The summed E-state index contributed by atoms with van der Waals surface area (Å²) in [6.45, 7) is 0.231.